The third-order valence-corrected chi connectivity index (χ3v) is 4.60. The van der Waals surface area contributed by atoms with Gasteiger partial charge < -0.3 is 10.6 Å². The van der Waals surface area contributed by atoms with Crippen LogP contribution in [-0.4, -0.2) is 22.8 Å². The van der Waals surface area contributed by atoms with Crippen LogP contribution in [0.5, 0.6) is 0 Å². The zero-order valence-corrected chi connectivity index (χ0v) is 14.4. The predicted octanol–water partition coefficient (Wildman–Crippen LogP) is 2.45. The molecule has 6 heteroatoms. The monoisotopic (exact) mass is 316 g/mol. The van der Waals surface area contributed by atoms with Crippen molar-refractivity contribution in [3.05, 3.63) is 0 Å². The second-order valence-electron chi connectivity index (χ2n) is 5.71. The van der Waals surface area contributed by atoms with Crippen LogP contribution < -0.4 is 21.5 Å². The van der Waals surface area contributed by atoms with Gasteiger partial charge in [-0.15, -0.1) is 0 Å². The van der Waals surface area contributed by atoms with E-state index in [4.69, 9.17) is 24.4 Å². The first kappa shape index (κ1) is 17.4. The third-order valence-electron chi connectivity index (χ3n) is 4.13. The lowest BCUT2D eigenvalue weighted by Crippen LogP contribution is -2.54. The summed E-state index contributed by atoms with van der Waals surface area (Å²) in [5.74, 6) is 1.41. The highest BCUT2D eigenvalue weighted by molar-refractivity contribution is 7.80. The number of unbranched alkanes of at least 4 members (excludes halogenated alkanes) is 1. The molecule has 4 N–H and O–H groups in total. The first-order valence-corrected chi connectivity index (χ1v) is 8.46. The quantitative estimate of drug-likeness (QED) is 0.363. The number of hydrazine groups is 1. The summed E-state index contributed by atoms with van der Waals surface area (Å²) in [7, 11) is 0. The molecular formula is C14H28N4S2. The summed E-state index contributed by atoms with van der Waals surface area (Å²) in [4.78, 5) is 0. The summed E-state index contributed by atoms with van der Waals surface area (Å²) in [5, 5.41) is 7.73. The molecule has 0 aromatic carbocycles. The summed E-state index contributed by atoms with van der Waals surface area (Å²) < 4.78 is 0. The molecule has 4 nitrogen and oxygen atoms in total. The van der Waals surface area contributed by atoms with Crippen molar-refractivity contribution >= 4 is 34.7 Å². The average Bonchev–Trinajstić information content (AvgIpc) is 2.42. The molecule has 0 aromatic heterocycles. The van der Waals surface area contributed by atoms with Crippen molar-refractivity contribution in [3.63, 3.8) is 0 Å². The normalized spacial score (nSPS) is 25.6. The van der Waals surface area contributed by atoms with Crippen molar-refractivity contribution in [2.24, 2.45) is 11.8 Å². The van der Waals surface area contributed by atoms with Gasteiger partial charge in [-0.1, -0.05) is 40.0 Å². The van der Waals surface area contributed by atoms with Crippen LogP contribution in [0.3, 0.4) is 0 Å². The Bertz CT molecular complexity index is 322. The van der Waals surface area contributed by atoms with E-state index >= 15 is 0 Å². The predicted molar refractivity (Wildman–Crippen MR) is 93.5 cm³/mol. The van der Waals surface area contributed by atoms with Gasteiger partial charge in [0.2, 0.25) is 0 Å². The molecule has 0 aliphatic heterocycles. The van der Waals surface area contributed by atoms with E-state index in [9.17, 15) is 0 Å². The van der Waals surface area contributed by atoms with E-state index in [1.807, 2.05) is 0 Å². The summed E-state index contributed by atoms with van der Waals surface area (Å²) >= 11 is 10.5. The molecule has 1 aliphatic carbocycles. The Morgan fingerprint density at radius 2 is 1.80 bits per heavy atom. The fourth-order valence-corrected chi connectivity index (χ4v) is 2.88. The fourth-order valence-electron chi connectivity index (χ4n) is 2.53. The number of hydrogen-bond donors (Lipinski definition) is 4. The van der Waals surface area contributed by atoms with Gasteiger partial charge in [0.25, 0.3) is 0 Å². The smallest absolute Gasteiger partial charge is 0.185 e. The number of thiocarbonyl (C=S) groups is 2. The Hall–Kier alpha value is -0.620. The van der Waals surface area contributed by atoms with Gasteiger partial charge in [0.05, 0.1) is 0 Å². The molecule has 3 unspecified atom stereocenters. The van der Waals surface area contributed by atoms with Crippen LogP contribution in [0.15, 0.2) is 0 Å². The highest BCUT2D eigenvalue weighted by atomic mass is 32.1. The maximum atomic E-state index is 5.31. The lowest BCUT2D eigenvalue weighted by Gasteiger charge is -2.35. The van der Waals surface area contributed by atoms with Crippen LogP contribution in [-0.2, 0) is 0 Å². The molecule has 0 spiro atoms. The SMILES string of the molecule is CCCCNC(=S)NNC(=S)NC1CCCC(C)C1C. The van der Waals surface area contributed by atoms with Gasteiger partial charge in [-0.05, 0) is 49.1 Å². The topological polar surface area (TPSA) is 48.1 Å². The molecule has 0 heterocycles. The summed E-state index contributed by atoms with van der Waals surface area (Å²) in [6.45, 7) is 7.66. The van der Waals surface area contributed by atoms with Crippen LogP contribution in [0.25, 0.3) is 0 Å². The van der Waals surface area contributed by atoms with Gasteiger partial charge >= 0.3 is 0 Å². The van der Waals surface area contributed by atoms with E-state index in [-0.39, 0.29) is 0 Å². The highest BCUT2D eigenvalue weighted by Gasteiger charge is 2.27. The number of hydrogen-bond acceptors (Lipinski definition) is 2. The zero-order valence-electron chi connectivity index (χ0n) is 12.8. The Morgan fingerprint density at radius 3 is 2.50 bits per heavy atom. The van der Waals surface area contributed by atoms with Gasteiger partial charge in [-0.25, -0.2) is 0 Å². The summed E-state index contributed by atoms with van der Waals surface area (Å²) in [6, 6.07) is 0.460. The van der Waals surface area contributed by atoms with E-state index in [1.165, 1.54) is 19.3 Å². The molecule has 0 saturated heterocycles. The molecular weight excluding hydrogens is 288 g/mol. The zero-order chi connectivity index (χ0) is 15.0. The van der Waals surface area contributed by atoms with Crippen molar-refractivity contribution < 1.29 is 0 Å². The fraction of sp³-hybridized carbons (Fsp3) is 0.857. The standard InChI is InChI=1S/C14H28N4S2/c1-4-5-9-15-13(19)17-18-14(20)16-12-8-6-7-10(2)11(12)3/h10-12H,4-9H2,1-3H3,(H2,15,17,19)(H2,16,18,20). The van der Waals surface area contributed by atoms with Gasteiger partial charge in [0, 0.05) is 12.6 Å². The minimum Gasteiger partial charge on any atom is -0.361 e. The molecule has 116 valence electrons. The van der Waals surface area contributed by atoms with Crippen molar-refractivity contribution in [1.29, 1.82) is 0 Å². The molecule has 20 heavy (non-hydrogen) atoms. The van der Waals surface area contributed by atoms with Crippen LogP contribution >= 0.6 is 24.4 Å². The van der Waals surface area contributed by atoms with Crippen molar-refractivity contribution in [1.82, 2.24) is 21.5 Å². The van der Waals surface area contributed by atoms with E-state index in [0.717, 1.165) is 25.3 Å². The lowest BCUT2D eigenvalue weighted by molar-refractivity contribution is 0.224. The molecule has 0 radical (unpaired) electrons. The Labute approximate surface area is 133 Å². The maximum absolute atomic E-state index is 5.31. The van der Waals surface area contributed by atoms with Gasteiger partial charge in [-0.2, -0.15) is 0 Å². The summed E-state index contributed by atoms with van der Waals surface area (Å²) in [6.07, 6.45) is 6.05. The third kappa shape index (κ3) is 6.22. The Kier molecular flexibility index (Phi) is 8.14. The molecule has 1 fully saturated rings. The second-order valence-corrected chi connectivity index (χ2v) is 6.52. The molecule has 3 atom stereocenters. The van der Waals surface area contributed by atoms with Gasteiger partial charge in [0.15, 0.2) is 10.2 Å². The molecule has 0 bridgehead atoms. The maximum Gasteiger partial charge on any atom is 0.185 e. The molecule has 1 rings (SSSR count). The highest BCUT2D eigenvalue weighted by Crippen LogP contribution is 2.29. The van der Waals surface area contributed by atoms with Crippen molar-refractivity contribution in [3.8, 4) is 0 Å². The van der Waals surface area contributed by atoms with E-state index in [1.54, 1.807) is 0 Å². The van der Waals surface area contributed by atoms with Gasteiger partial charge in [0.1, 0.15) is 0 Å². The van der Waals surface area contributed by atoms with E-state index < -0.39 is 0 Å². The van der Waals surface area contributed by atoms with Gasteiger partial charge in [-0.3, -0.25) is 10.9 Å². The molecule has 0 amide bonds. The lowest BCUT2D eigenvalue weighted by atomic mass is 9.78. The van der Waals surface area contributed by atoms with Crippen molar-refractivity contribution in [2.45, 2.75) is 58.9 Å². The van der Waals surface area contributed by atoms with E-state index in [0.29, 0.717) is 22.2 Å². The molecule has 0 aromatic rings. The number of nitrogens with one attached hydrogen (secondary N) is 4. The van der Waals surface area contributed by atoms with Crippen molar-refractivity contribution in [2.75, 3.05) is 6.54 Å². The molecule has 1 saturated carbocycles. The van der Waals surface area contributed by atoms with Crippen LogP contribution in [0, 0.1) is 11.8 Å². The first-order valence-electron chi connectivity index (χ1n) is 7.65. The largest absolute Gasteiger partial charge is 0.361 e. The first-order chi connectivity index (χ1) is 9.54. The minimum atomic E-state index is 0.460. The van der Waals surface area contributed by atoms with Crippen LogP contribution in [0.4, 0.5) is 0 Å². The second kappa shape index (κ2) is 9.34. The van der Waals surface area contributed by atoms with Crippen LogP contribution in [0.1, 0.15) is 52.9 Å². The van der Waals surface area contributed by atoms with Crippen LogP contribution in [0.2, 0.25) is 0 Å². The Morgan fingerprint density at radius 1 is 1.10 bits per heavy atom. The Balaban J connectivity index is 2.21. The molecule has 1 aliphatic rings. The number of rotatable bonds is 4. The summed E-state index contributed by atoms with van der Waals surface area (Å²) in [5.41, 5.74) is 5.88. The van der Waals surface area contributed by atoms with E-state index in [2.05, 4.69) is 42.3 Å². The minimum absolute atomic E-state index is 0.460. The average molecular weight is 317 g/mol.